The fourth-order valence-electron chi connectivity index (χ4n) is 1.82. The number of benzene rings is 1. The normalized spacial score (nSPS) is 11.3. The standard InChI is InChI=1S/C13H14BrNO3/c1-7(2)9-5-8(14)6-10-13(9)18-11(15-10)3-4-12(16)17/h5-7H,3-4H2,1-2H3,(H,16,17). The molecule has 0 spiro atoms. The zero-order valence-electron chi connectivity index (χ0n) is 10.2. The van der Waals surface area contributed by atoms with Gasteiger partial charge in [-0.05, 0) is 18.1 Å². The molecule has 0 radical (unpaired) electrons. The zero-order chi connectivity index (χ0) is 13.3. The molecule has 0 atom stereocenters. The van der Waals surface area contributed by atoms with Crippen LogP contribution < -0.4 is 0 Å². The molecule has 0 bridgehead atoms. The van der Waals surface area contributed by atoms with Crippen LogP contribution in [0, 0.1) is 0 Å². The Morgan fingerprint density at radius 1 is 1.50 bits per heavy atom. The summed E-state index contributed by atoms with van der Waals surface area (Å²) < 4.78 is 6.63. The summed E-state index contributed by atoms with van der Waals surface area (Å²) >= 11 is 3.45. The lowest BCUT2D eigenvalue weighted by Crippen LogP contribution is -1.97. The molecule has 18 heavy (non-hydrogen) atoms. The maximum Gasteiger partial charge on any atom is 0.303 e. The maximum atomic E-state index is 10.5. The zero-order valence-corrected chi connectivity index (χ0v) is 11.8. The topological polar surface area (TPSA) is 63.3 Å². The number of aryl methyl sites for hydroxylation is 1. The molecular formula is C13H14BrNO3. The maximum absolute atomic E-state index is 10.5. The van der Waals surface area contributed by atoms with Crippen LogP contribution in [0.4, 0.5) is 0 Å². The number of hydrogen-bond acceptors (Lipinski definition) is 3. The summed E-state index contributed by atoms with van der Waals surface area (Å²) in [5.41, 5.74) is 2.61. The third-order valence-electron chi connectivity index (χ3n) is 2.70. The number of carboxylic acid groups (broad SMARTS) is 1. The molecule has 96 valence electrons. The van der Waals surface area contributed by atoms with Crippen LogP contribution in [-0.2, 0) is 11.2 Å². The first kappa shape index (κ1) is 13.1. The van der Waals surface area contributed by atoms with Gasteiger partial charge in [-0.2, -0.15) is 0 Å². The van der Waals surface area contributed by atoms with Gasteiger partial charge in [-0.15, -0.1) is 0 Å². The van der Waals surface area contributed by atoms with E-state index < -0.39 is 5.97 Å². The smallest absolute Gasteiger partial charge is 0.303 e. The average Bonchev–Trinajstić information content (AvgIpc) is 2.67. The predicted octanol–water partition coefficient (Wildman–Crippen LogP) is 3.73. The Bertz CT molecular complexity index is 589. The van der Waals surface area contributed by atoms with Crippen molar-refractivity contribution < 1.29 is 14.3 Å². The number of fused-ring (bicyclic) bond motifs is 1. The van der Waals surface area contributed by atoms with Crippen LogP contribution in [-0.4, -0.2) is 16.1 Å². The van der Waals surface area contributed by atoms with Crippen LogP contribution in [0.1, 0.15) is 37.6 Å². The van der Waals surface area contributed by atoms with Crippen LogP contribution in [0.3, 0.4) is 0 Å². The molecule has 0 fully saturated rings. The summed E-state index contributed by atoms with van der Waals surface area (Å²) in [5.74, 6) is -0.0415. The van der Waals surface area contributed by atoms with Gasteiger partial charge in [0.1, 0.15) is 5.52 Å². The summed E-state index contributed by atoms with van der Waals surface area (Å²) in [6.07, 6.45) is 0.351. The SMILES string of the molecule is CC(C)c1cc(Br)cc2nc(CCC(=O)O)oc12. The highest BCUT2D eigenvalue weighted by molar-refractivity contribution is 9.10. The first-order valence-electron chi connectivity index (χ1n) is 5.78. The first-order chi connectivity index (χ1) is 8.47. The number of aromatic nitrogens is 1. The highest BCUT2D eigenvalue weighted by Crippen LogP contribution is 2.30. The van der Waals surface area contributed by atoms with Crippen molar-refractivity contribution in [2.24, 2.45) is 0 Å². The van der Waals surface area contributed by atoms with Gasteiger partial charge in [0.15, 0.2) is 11.5 Å². The molecule has 1 heterocycles. The van der Waals surface area contributed by atoms with Crippen molar-refractivity contribution in [1.29, 1.82) is 0 Å². The molecule has 5 heteroatoms. The number of hydrogen-bond donors (Lipinski definition) is 1. The van der Waals surface area contributed by atoms with Gasteiger partial charge < -0.3 is 9.52 Å². The van der Waals surface area contributed by atoms with E-state index in [2.05, 4.69) is 34.8 Å². The molecule has 0 aliphatic heterocycles. The summed E-state index contributed by atoms with van der Waals surface area (Å²) in [5, 5.41) is 8.66. The fourth-order valence-corrected chi connectivity index (χ4v) is 2.28. The summed E-state index contributed by atoms with van der Waals surface area (Å²) in [7, 11) is 0. The van der Waals surface area contributed by atoms with E-state index in [0.29, 0.717) is 18.2 Å². The summed E-state index contributed by atoms with van der Waals surface area (Å²) in [4.78, 5) is 14.9. The Balaban J connectivity index is 2.43. The highest BCUT2D eigenvalue weighted by atomic mass is 79.9. The molecule has 0 aliphatic rings. The number of halogens is 1. The van der Waals surface area contributed by atoms with Crippen molar-refractivity contribution in [2.45, 2.75) is 32.6 Å². The van der Waals surface area contributed by atoms with Crippen molar-refractivity contribution in [3.05, 3.63) is 28.1 Å². The van der Waals surface area contributed by atoms with E-state index >= 15 is 0 Å². The third kappa shape index (κ3) is 2.72. The van der Waals surface area contributed by atoms with E-state index in [1.807, 2.05) is 12.1 Å². The van der Waals surface area contributed by atoms with E-state index in [1.165, 1.54) is 0 Å². The Kier molecular flexibility index (Phi) is 3.71. The van der Waals surface area contributed by atoms with Gasteiger partial charge >= 0.3 is 5.97 Å². The van der Waals surface area contributed by atoms with E-state index in [9.17, 15) is 4.79 Å². The van der Waals surface area contributed by atoms with Gasteiger partial charge in [0.2, 0.25) is 0 Å². The lowest BCUT2D eigenvalue weighted by molar-refractivity contribution is -0.137. The van der Waals surface area contributed by atoms with Gasteiger partial charge in [0.05, 0.1) is 6.42 Å². The number of nitrogens with zero attached hydrogens (tertiary/aromatic N) is 1. The minimum absolute atomic E-state index is 0.0327. The molecule has 0 amide bonds. The molecule has 0 unspecified atom stereocenters. The van der Waals surface area contributed by atoms with Gasteiger partial charge in [-0.3, -0.25) is 4.79 Å². The quantitative estimate of drug-likeness (QED) is 0.934. The molecule has 2 aromatic rings. The second kappa shape index (κ2) is 5.10. The molecule has 0 aliphatic carbocycles. The number of aliphatic carboxylic acids is 1. The molecule has 1 N–H and O–H groups in total. The van der Waals surface area contributed by atoms with E-state index in [0.717, 1.165) is 21.1 Å². The van der Waals surface area contributed by atoms with Crippen molar-refractivity contribution >= 4 is 33.0 Å². The first-order valence-corrected chi connectivity index (χ1v) is 6.57. The largest absolute Gasteiger partial charge is 0.481 e. The molecule has 4 nitrogen and oxygen atoms in total. The number of carboxylic acids is 1. The van der Waals surface area contributed by atoms with Gasteiger partial charge in [-0.25, -0.2) is 4.98 Å². The van der Waals surface area contributed by atoms with Crippen LogP contribution in [0.25, 0.3) is 11.1 Å². The van der Waals surface area contributed by atoms with E-state index in [1.54, 1.807) is 0 Å². The fraction of sp³-hybridized carbons (Fsp3) is 0.385. The minimum atomic E-state index is -0.845. The molecule has 0 saturated carbocycles. The minimum Gasteiger partial charge on any atom is -0.481 e. The van der Waals surface area contributed by atoms with Crippen molar-refractivity contribution in [3.8, 4) is 0 Å². The number of carbonyl (C=O) groups is 1. The lowest BCUT2D eigenvalue weighted by Gasteiger charge is -2.05. The van der Waals surface area contributed by atoms with E-state index in [-0.39, 0.29) is 6.42 Å². The predicted molar refractivity (Wildman–Crippen MR) is 71.8 cm³/mol. The van der Waals surface area contributed by atoms with Gasteiger partial charge in [0, 0.05) is 16.5 Å². The van der Waals surface area contributed by atoms with Gasteiger partial charge in [0.25, 0.3) is 0 Å². The molecule has 1 aromatic carbocycles. The van der Waals surface area contributed by atoms with Crippen LogP contribution >= 0.6 is 15.9 Å². The molecule has 0 saturated heterocycles. The number of oxazole rings is 1. The monoisotopic (exact) mass is 311 g/mol. The van der Waals surface area contributed by atoms with Crippen molar-refractivity contribution in [3.63, 3.8) is 0 Å². The summed E-state index contributed by atoms with van der Waals surface area (Å²) in [6, 6.07) is 3.90. The molecule has 2 rings (SSSR count). The van der Waals surface area contributed by atoms with Crippen LogP contribution in [0.5, 0.6) is 0 Å². The average molecular weight is 312 g/mol. The third-order valence-corrected chi connectivity index (χ3v) is 3.16. The van der Waals surface area contributed by atoms with Crippen molar-refractivity contribution in [1.82, 2.24) is 4.98 Å². The Labute approximate surface area is 113 Å². The molecular weight excluding hydrogens is 298 g/mol. The lowest BCUT2D eigenvalue weighted by atomic mass is 10.0. The van der Waals surface area contributed by atoms with Gasteiger partial charge in [-0.1, -0.05) is 29.8 Å². The second-order valence-corrected chi connectivity index (χ2v) is 5.41. The Morgan fingerprint density at radius 2 is 2.22 bits per heavy atom. The van der Waals surface area contributed by atoms with Crippen molar-refractivity contribution in [2.75, 3.05) is 0 Å². The second-order valence-electron chi connectivity index (χ2n) is 4.50. The van der Waals surface area contributed by atoms with Crippen LogP contribution in [0.15, 0.2) is 21.0 Å². The summed E-state index contributed by atoms with van der Waals surface area (Å²) in [6.45, 7) is 4.17. The van der Waals surface area contributed by atoms with E-state index in [4.69, 9.17) is 9.52 Å². The highest BCUT2D eigenvalue weighted by Gasteiger charge is 2.14. The van der Waals surface area contributed by atoms with Crippen LogP contribution in [0.2, 0.25) is 0 Å². The Hall–Kier alpha value is -1.36. The number of rotatable bonds is 4. The Morgan fingerprint density at radius 3 is 2.83 bits per heavy atom. The molecule has 1 aromatic heterocycles.